The van der Waals surface area contributed by atoms with Crippen molar-refractivity contribution in [1.29, 1.82) is 0 Å². The molecule has 0 saturated heterocycles. The van der Waals surface area contributed by atoms with Crippen LogP contribution in [-0.4, -0.2) is 18.5 Å². The van der Waals surface area contributed by atoms with Gasteiger partial charge in [-0.1, -0.05) is 44.7 Å². The minimum atomic E-state index is 0.108. The van der Waals surface area contributed by atoms with Crippen LogP contribution in [-0.2, 0) is 11.2 Å². The molecule has 2 rings (SSSR count). The minimum absolute atomic E-state index is 0.108. The van der Waals surface area contributed by atoms with Gasteiger partial charge in [0.15, 0.2) is 0 Å². The van der Waals surface area contributed by atoms with Gasteiger partial charge in [-0.25, -0.2) is 0 Å². The van der Waals surface area contributed by atoms with E-state index in [4.69, 9.17) is 0 Å². The average molecular weight is 288 g/mol. The lowest BCUT2D eigenvalue weighted by molar-refractivity contribution is -0.120. The van der Waals surface area contributed by atoms with Crippen LogP contribution >= 0.6 is 0 Å². The van der Waals surface area contributed by atoms with Gasteiger partial charge < -0.3 is 10.6 Å². The van der Waals surface area contributed by atoms with Crippen molar-refractivity contribution < 1.29 is 4.79 Å². The summed E-state index contributed by atoms with van der Waals surface area (Å²) in [4.78, 5) is 11.9. The van der Waals surface area contributed by atoms with E-state index in [1.807, 2.05) is 0 Å². The standard InChI is InChI=1S/C18H28N2O/c1-2-3-7-15-10-12-16(13-11-15)19-14-18(21)20-17-8-5-4-6-9-17/h10-13,17,19H,2-9,14H2,1H3,(H,20,21). The van der Waals surface area contributed by atoms with Crippen LogP contribution in [0.15, 0.2) is 24.3 Å². The van der Waals surface area contributed by atoms with Gasteiger partial charge in [-0.3, -0.25) is 4.79 Å². The van der Waals surface area contributed by atoms with E-state index < -0.39 is 0 Å². The molecule has 2 N–H and O–H groups in total. The second-order valence-corrected chi connectivity index (χ2v) is 6.06. The molecule has 1 amide bonds. The van der Waals surface area contributed by atoms with Gasteiger partial charge in [-0.15, -0.1) is 0 Å². The van der Waals surface area contributed by atoms with Crippen molar-refractivity contribution in [3.05, 3.63) is 29.8 Å². The highest BCUT2D eigenvalue weighted by atomic mass is 16.1. The lowest BCUT2D eigenvalue weighted by Crippen LogP contribution is -2.39. The number of anilines is 1. The predicted octanol–water partition coefficient (Wildman–Crippen LogP) is 3.89. The molecule has 1 aliphatic carbocycles. The zero-order chi connectivity index (χ0) is 14.9. The van der Waals surface area contributed by atoms with Crippen molar-refractivity contribution in [2.24, 2.45) is 0 Å². The Morgan fingerprint density at radius 1 is 1.14 bits per heavy atom. The summed E-state index contributed by atoms with van der Waals surface area (Å²) in [7, 11) is 0. The van der Waals surface area contributed by atoms with Gasteiger partial charge in [0.05, 0.1) is 6.54 Å². The molecule has 0 heterocycles. The highest BCUT2D eigenvalue weighted by molar-refractivity contribution is 5.80. The highest BCUT2D eigenvalue weighted by Gasteiger charge is 2.15. The van der Waals surface area contributed by atoms with E-state index in [0.717, 1.165) is 24.9 Å². The van der Waals surface area contributed by atoms with Crippen molar-refractivity contribution in [3.63, 3.8) is 0 Å². The number of amides is 1. The topological polar surface area (TPSA) is 41.1 Å². The van der Waals surface area contributed by atoms with Crippen LogP contribution in [0.25, 0.3) is 0 Å². The molecule has 1 aromatic carbocycles. The number of unbranched alkanes of at least 4 members (excludes halogenated alkanes) is 1. The van der Waals surface area contributed by atoms with E-state index in [9.17, 15) is 4.79 Å². The van der Waals surface area contributed by atoms with E-state index >= 15 is 0 Å². The molecular formula is C18H28N2O. The van der Waals surface area contributed by atoms with Crippen LogP contribution in [0.3, 0.4) is 0 Å². The summed E-state index contributed by atoms with van der Waals surface area (Å²) in [6.07, 6.45) is 9.68. The second kappa shape index (κ2) is 8.71. The quantitative estimate of drug-likeness (QED) is 0.799. The molecule has 0 atom stereocenters. The molecule has 0 unspecified atom stereocenters. The maximum Gasteiger partial charge on any atom is 0.239 e. The first-order chi connectivity index (χ1) is 10.3. The summed E-state index contributed by atoms with van der Waals surface area (Å²) in [5.41, 5.74) is 2.39. The molecule has 116 valence electrons. The fourth-order valence-corrected chi connectivity index (χ4v) is 2.88. The van der Waals surface area contributed by atoms with E-state index in [-0.39, 0.29) is 5.91 Å². The Hall–Kier alpha value is -1.51. The van der Waals surface area contributed by atoms with Gasteiger partial charge >= 0.3 is 0 Å². The number of carbonyl (C=O) groups is 1. The zero-order valence-electron chi connectivity index (χ0n) is 13.2. The summed E-state index contributed by atoms with van der Waals surface area (Å²) in [6, 6.07) is 8.83. The number of aryl methyl sites for hydroxylation is 1. The van der Waals surface area contributed by atoms with E-state index in [1.165, 1.54) is 37.7 Å². The van der Waals surface area contributed by atoms with Crippen molar-refractivity contribution in [2.45, 2.75) is 64.3 Å². The minimum Gasteiger partial charge on any atom is -0.376 e. The molecular weight excluding hydrogens is 260 g/mol. The molecule has 1 aliphatic rings. The summed E-state index contributed by atoms with van der Waals surface area (Å²) in [6.45, 7) is 2.58. The number of carbonyl (C=O) groups excluding carboxylic acids is 1. The van der Waals surface area contributed by atoms with Crippen LogP contribution in [0.2, 0.25) is 0 Å². The van der Waals surface area contributed by atoms with Crippen LogP contribution < -0.4 is 10.6 Å². The smallest absolute Gasteiger partial charge is 0.239 e. The molecule has 1 fully saturated rings. The predicted molar refractivity (Wildman–Crippen MR) is 88.6 cm³/mol. The third-order valence-corrected chi connectivity index (χ3v) is 4.20. The van der Waals surface area contributed by atoms with Crippen LogP contribution in [0.4, 0.5) is 5.69 Å². The molecule has 3 heteroatoms. The third-order valence-electron chi connectivity index (χ3n) is 4.20. The maximum absolute atomic E-state index is 11.9. The number of nitrogens with one attached hydrogen (secondary N) is 2. The first kappa shape index (κ1) is 15.9. The molecule has 0 aromatic heterocycles. The number of hydrogen-bond acceptors (Lipinski definition) is 2. The highest BCUT2D eigenvalue weighted by Crippen LogP contribution is 2.17. The monoisotopic (exact) mass is 288 g/mol. The van der Waals surface area contributed by atoms with Crippen LogP contribution in [0.1, 0.15) is 57.4 Å². The summed E-state index contributed by atoms with van der Waals surface area (Å²) in [5, 5.41) is 6.33. The molecule has 0 aliphatic heterocycles. The van der Waals surface area contributed by atoms with Gasteiger partial charge in [0.1, 0.15) is 0 Å². The SMILES string of the molecule is CCCCc1ccc(NCC(=O)NC2CCCCC2)cc1. The van der Waals surface area contributed by atoms with E-state index in [0.29, 0.717) is 12.6 Å². The van der Waals surface area contributed by atoms with Gasteiger partial charge in [0.25, 0.3) is 0 Å². The summed E-state index contributed by atoms with van der Waals surface area (Å²) >= 11 is 0. The Morgan fingerprint density at radius 2 is 1.86 bits per heavy atom. The lowest BCUT2D eigenvalue weighted by Gasteiger charge is -2.22. The Morgan fingerprint density at radius 3 is 2.52 bits per heavy atom. The Labute approximate surface area is 128 Å². The molecule has 0 bridgehead atoms. The molecule has 21 heavy (non-hydrogen) atoms. The fourth-order valence-electron chi connectivity index (χ4n) is 2.88. The molecule has 0 radical (unpaired) electrons. The molecule has 3 nitrogen and oxygen atoms in total. The second-order valence-electron chi connectivity index (χ2n) is 6.06. The van der Waals surface area contributed by atoms with Crippen molar-refractivity contribution in [2.75, 3.05) is 11.9 Å². The van der Waals surface area contributed by atoms with Gasteiger partial charge in [0.2, 0.25) is 5.91 Å². The fraction of sp³-hybridized carbons (Fsp3) is 0.611. The van der Waals surface area contributed by atoms with Gasteiger partial charge in [-0.2, -0.15) is 0 Å². The lowest BCUT2D eigenvalue weighted by atomic mass is 9.95. The van der Waals surface area contributed by atoms with Crippen LogP contribution in [0.5, 0.6) is 0 Å². The Bertz CT molecular complexity index is 421. The average Bonchev–Trinajstić information content (AvgIpc) is 2.53. The number of rotatable bonds is 7. The Balaban J connectivity index is 1.70. The number of benzene rings is 1. The summed E-state index contributed by atoms with van der Waals surface area (Å²) in [5.74, 6) is 0.108. The first-order valence-electron chi connectivity index (χ1n) is 8.40. The molecule has 1 saturated carbocycles. The third kappa shape index (κ3) is 5.78. The normalized spacial score (nSPS) is 15.7. The Kier molecular flexibility index (Phi) is 6.58. The van der Waals surface area contributed by atoms with Crippen molar-refractivity contribution in [3.8, 4) is 0 Å². The van der Waals surface area contributed by atoms with Crippen molar-refractivity contribution >= 4 is 11.6 Å². The van der Waals surface area contributed by atoms with E-state index in [1.54, 1.807) is 0 Å². The largest absolute Gasteiger partial charge is 0.376 e. The number of hydrogen-bond donors (Lipinski definition) is 2. The van der Waals surface area contributed by atoms with Gasteiger partial charge in [0, 0.05) is 11.7 Å². The maximum atomic E-state index is 11.9. The first-order valence-corrected chi connectivity index (χ1v) is 8.40. The van der Waals surface area contributed by atoms with E-state index in [2.05, 4.69) is 41.8 Å². The van der Waals surface area contributed by atoms with Crippen LogP contribution in [0, 0.1) is 0 Å². The summed E-state index contributed by atoms with van der Waals surface area (Å²) < 4.78 is 0. The van der Waals surface area contributed by atoms with Crippen molar-refractivity contribution in [1.82, 2.24) is 5.32 Å². The molecule has 1 aromatic rings. The zero-order valence-corrected chi connectivity index (χ0v) is 13.2. The molecule has 0 spiro atoms. The van der Waals surface area contributed by atoms with Gasteiger partial charge in [-0.05, 0) is 43.4 Å².